The molecule has 1 aromatic rings. The molecule has 0 aromatic heterocycles. The summed E-state index contributed by atoms with van der Waals surface area (Å²) >= 11 is 0. The third-order valence-corrected chi connectivity index (χ3v) is 3.26. The Kier molecular flexibility index (Phi) is 4.65. The van der Waals surface area contributed by atoms with Gasteiger partial charge in [-0.15, -0.1) is 0 Å². The highest BCUT2D eigenvalue weighted by Gasteiger charge is 2.10. The Morgan fingerprint density at radius 1 is 1.41 bits per heavy atom. The second-order valence-electron chi connectivity index (χ2n) is 3.63. The van der Waals surface area contributed by atoms with Gasteiger partial charge >= 0.3 is 0 Å². The minimum absolute atomic E-state index is 0.00363. The monoisotopic (exact) mass is 257 g/mol. The molecule has 0 saturated heterocycles. The summed E-state index contributed by atoms with van der Waals surface area (Å²) in [4.78, 5) is 11.7. The van der Waals surface area contributed by atoms with Crippen LogP contribution in [0.15, 0.2) is 29.2 Å². The average molecular weight is 257 g/mol. The van der Waals surface area contributed by atoms with E-state index in [-0.39, 0.29) is 17.4 Å². The van der Waals surface area contributed by atoms with Crippen molar-refractivity contribution in [1.82, 2.24) is 5.32 Å². The third-order valence-electron chi connectivity index (χ3n) is 2.14. The van der Waals surface area contributed by atoms with Crippen LogP contribution >= 0.6 is 0 Å². The molecule has 1 rings (SSSR count). The van der Waals surface area contributed by atoms with Crippen LogP contribution in [0.2, 0.25) is 0 Å². The summed E-state index contributed by atoms with van der Waals surface area (Å²) in [6.07, 6.45) is 1.56. The zero-order chi connectivity index (χ0) is 12.9. The Balaban J connectivity index is 2.82. The Labute approximate surface area is 100 Å². The lowest BCUT2D eigenvalue weighted by Crippen LogP contribution is -2.25. The van der Waals surface area contributed by atoms with Crippen LogP contribution in [0.1, 0.15) is 16.8 Å². The number of carbonyl (C=O) groups is 1. The molecule has 94 valence electrons. The molecule has 6 heteroatoms. The third kappa shape index (κ3) is 4.16. The van der Waals surface area contributed by atoms with Gasteiger partial charge in [0.15, 0.2) is 9.84 Å². The van der Waals surface area contributed by atoms with Crippen molar-refractivity contribution >= 4 is 15.7 Å². The van der Waals surface area contributed by atoms with E-state index in [1.54, 1.807) is 6.07 Å². The van der Waals surface area contributed by atoms with Crippen LogP contribution in [0.25, 0.3) is 0 Å². The van der Waals surface area contributed by atoms with E-state index in [0.29, 0.717) is 18.5 Å². The minimum Gasteiger partial charge on any atom is -0.396 e. The second-order valence-corrected chi connectivity index (χ2v) is 5.65. The molecule has 0 aliphatic carbocycles. The van der Waals surface area contributed by atoms with Gasteiger partial charge in [-0.25, -0.2) is 8.42 Å². The Bertz CT molecular complexity index is 496. The van der Waals surface area contributed by atoms with E-state index in [9.17, 15) is 13.2 Å². The lowest BCUT2D eigenvalue weighted by molar-refractivity contribution is 0.0951. The van der Waals surface area contributed by atoms with Crippen LogP contribution in [-0.4, -0.2) is 38.8 Å². The zero-order valence-corrected chi connectivity index (χ0v) is 10.3. The number of aliphatic hydroxyl groups excluding tert-OH is 1. The summed E-state index contributed by atoms with van der Waals surface area (Å²) in [6, 6.07) is 5.85. The fourth-order valence-electron chi connectivity index (χ4n) is 1.25. The van der Waals surface area contributed by atoms with Gasteiger partial charge in [-0.2, -0.15) is 0 Å². The van der Waals surface area contributed by atoms with Gasteiger partial charge in [-0.3, -0.25) is 4.79 Å². The predicted molar refractivity (Wildman–Crippen MR) is 63.6 cm³/mol. The highest BCUT2D eigenvalue weighted by atomic mass is 32.2. The largest absolute Gasteiger partial charge is 0.396 e. The van der Waals surface area contributed by atoms with Crippen molar-refractivity contribution in [2.24, 2.45) is 0 Å². The number of hydrogen-bond donors (Lipinski definition) is 2. The fraction of sp³-hybridized carbons (Fsp3) is 0.364. The molecule has 1 amide bonds. The van der Waals surface area contributed by atoms with Crippen LogP contribution in [0.4, 0.5) is 0 Å². The predicted octanol–water partition coefficient (Wildman–Crippen LogP) is 0.202. The maximum Gasteiger partial charge on any atom is 0.251 e. The summed E-state index contributed by atoms with van der Waals surface area (Å²) < 4.78 is 22.6. The molecule has 0 radical (unpaired) electrons. The molecular formula is C11H15NO4S. The van der Waals surface area contributed by atoms with Gasteiger partial charge in [0.1, 0.15) is 0 Å². The fourth-order valence-corrected chi connectivity index (χ4v) is 1.92. The molecule has 0 saturated carbocycles. The van der Waals surface area contributed by atoms with E-state index in [2.05, 4.69) is 5.32 Å². The topological polar surface area (TPSA) is 83.5 Å². The van der Waals surface area contributed by atoms with E-state index >= 15 is 0 Å². The molecule has 0 bridgehead atoms. The summed E-state index contributed by atoms with van der Waals surface area (Å²) in [5.41, 5.74) is 0.297. The zero-order valence-electron chi connectivity index (χ0n) is 9.51. The van der Waals surface area contributed by atoms with Crippen molar-refractivity contribution in [2.75, 3.05) is 19.4 Å². The van der Waals surface area contributed by atoms with Crippen molar-refractivity contribution in [3.8, 4) is 0 Å². The summed E-state index contributed by atoms with van der Waals surface area (Å²) in [5.74, 6) is -0.344. The van der Waals surface area contributed by atoms with Crippen molar-refractivity contribution in [3.05, 3.63) is 29.8 Å². The summed E-state index contributed by atoms with van der Waals surface area (Å²) in [7, 11) is -3.30. The van der Waals surface area contributed by atoms with Crippen LogP contribution in [0.3, 0.4) is 0 Å². The van der Waals surface area contributed by atoms with Crippen LogP contribution < -0.4 is 5.32 Å². The second kappa shape index (κ2) is 5.79. The number of benzene rings is 1. The maximum absolute atomic E-state index is 11.6. The Morgan fingerprint density at radius 2 is 2.12 bits per heavy atom. The molecule has 1 aromatic carbocycles. The number of amides is 1. The molecule has 5 nitrogen and oxygen atoms in total. The van der Waals surface area contributed by atoms with Crippen LogP contribution in [0.5, 0.6) is 0 Å². The molecule has 2 N–H and O–H groups in total. The first-order valence-corrected chi connectivity index (χ1v) is 7.03. The molecule has 0 heterocycles. The molecule has 0 fully saturated rings. The number of carbonyl (C=O) groups excluding carboxylic acids is 1. The normalized spacial score (nSPS) is 11.2. The minimum atomic E-state index is -3.30. The highest BCUT2D eigenvalue weighted by Crippen LogP contribution is 2.11. The molecule has 0 aliphatic rings. The molecular weight excluding hydrogens is 242 g/mol. The van der Waals surface area contributed by atoms with E-state index in [1.807, 2.05) is 0 Å². The van der Waals surface area contributed by atoms with Crippen molar-refractivity contribution in [1.29, 1.82) is 0 Å². The number of nitrogens with one attached hydrogen (secondary N) is 1. The Morgan fingerprint density at radius 3 is 2.71 bits per heavy atom. The van der Waals surface area contributed by atoms with Crippen LogP contribution in [-0.2, 0) is 9.84 Å². The quantitative estimate of drug-likeness (QED) is 0.738. The lowest BCUT2D eigenvalue weighted by atomic mass is 10.2. The first kappa shape index (κ1) is 13.7. The number of rotatable bonds is 5. The number of aliphatic hydroxyl groups is 1. The van der Waals surface area contributed by atoms with Gasteiger partial charge in [0.2, 0.25) is 0 Å². The van der Waals surface area contributed by atoms with Crippen LogP contribution in [0, 0.1) is 0 Å². The molecule has 0 unspecified atom stereocenters. The molecule has 17 heavy (non-hydrogen) atoms. The van der Waals surface area contributed by atoms with Gasteiger partial charge in [0.25, 0.3) is 5.91 Å². The van der Waals surface area contributed by atoms with Crippen molar-refractivity contribution in [2.45, 2.75) is 11.3 Å². The summed E-state index contributed by atoms with van der Waals surface area (Å²) in [5, 5.41) is 11.2. The van der Waals surface area contributed by atoms with E-state index < -0.39 is 9.84 Å². The lowest BCUT2D eigenvalue weighted by Gasteiger charge is -2.05. The maximum atomic E-state index is 11.6. The van der Waals surface area contributed by atoms with E-state index in [1.165, 1.54) is 18.2 Å². The van der Waals surface area contributed by atoms with Crippen molar-refractivity contribution in [3.63, 3.8) is 0 Å². The van der Waals surface area contributed by atoms with E-state index in [0.717, 1.165) is 6.26 Å². The van der Waals surface area contributed by atoms with Gasteiger partial charge < -0.3 is 10.4 Å². The summed E-state index contributed by atoms with van der Waals surface area (Å²) in [6.45, 7) is 0.363. The average Bonchev–Trinajstić information content (AvgIpc) is 2.28. The molecule has 0 atom stereocenters. The SMILES string of the molecule is CS(=O)(=O)c1cccc(C(=O)NCCCO)c1. The first-order valence-electron chi connectivity index (χ1n) is 5.14. The highest BCUT2D eigenvalue weighted by molar-refractivity contribution is 7.90. The first-order chi connectivity index (χ1) is 7.95. The van der Waals surface area contributed by atoms with E-state index in [4.69, 9.17) is 5.11 Å². The van der Waals surface area contributed by atoms with Gasteiger partial charge in [-0.1, -0.05) is 6.07 Å². The molecule has 0 spiro atoms. The Hall–Kier alpha value is -1.40. The van der Waals surface area contributed by atoms with Crippen molar-refractivity contribution < 1.29 is 18.3 Å². The number of hydrogen-bond acceptors (Lipinski definition) is 4. The molecule has 0 aliphatic heterocycles. The van der Waals surface area contributed by atoms with Gasteiger partial charge in [0.05, 0.1) is 4.90 Å². The number of sulfone groups is 1. The smallest absolute Gasteiger partial charge is 0.251 e. The van der Waals surface area contributed by atoms with Gasteiger partial charge in [-0.05, 0) is 24.6 Å². The standard InChI is InChI=1S/C11H15NO4S/c1-17(15,16)10-5-2-4-9(8-10)11(14)12-6-3-7-13/h2,4-5,8,13H,3,6-7H2,1H3,(H,12,14). The van der Waals surface area contributed by atoms with Gasteiger partial charge in [0, 0.05) is 25.0 Å².